The maximum absolute atomic E-state index is 12.7. The first kappa shape index (κ1) is 21.7. The van der Waals surface area contributed by atoms with Crippen molar-refractivity contribution in [1.82, 2.24) is 4.90 Å². The molecule has 1 heterocycles. The largest absolute Gasteiger partial charge is 0.494 e. The quantitative estimate of drug-likeness (QED) is 0.718. The average Bonchev–Trinajstić information content (AvgIpc) is 2.76. The van der Waals surface area contributed by atoms with Gasteiger partial charge in [0.1, 0.15) is 17.2 Å². The lowest BCUT2D eigenvalue weighted by Gasteiger charge is -2.33. The van der Waals surface area contributed by atoms with Crippen LogP contribution in [-0.4, -0.2) is 36.4 Å². The molecular weight excluding hydrogens is 380 g/mol. The molecule has 3 rings (SSSR count). The van der Waals surface area contributed by atoms with Crippen LogP contribution in [0.3, 0.4) is 0 Å². The lowest BCUT2D eigenvalue weighted by Crippen LogP contribution is -2.45. The van der Waals surface area contributed by atoms with Gasteiger partial charge in [-0.25, -0.2) is 0 Å². The first-order chi connectivity index (χ1) is 14.5. The van der Waals surface area contributed by atoms with Crippen LogP contribution >= 0.6 is 0 Å². The number of amides is 2. The van der Waals surface area contributed by atoms with Gasteiger partial charge in [-0.1, -0.05) is 13.8 Å². The number of rotatable bonds is 7. The summed E-state index contributed by atoms with van der Waals surface area (Å²) >= 11 is 0. The monoisotopic (exact) mass is 410 g/mol. The van der Waals surface area contributed by atoms with Crippen LogP contribution in [0.5, 0.6) is 17.2 Å². The molecule has 0 aliphatic carbocycles. The molecule has 2 amide bonds. The highest BCUT2D eigenvalue weighted by Gasteiger charge is 2.29. The van der Waals surface area contributed by atoms with Gasteiger partial charge in [0.25, 0.3) is 0 Å². The fourth-order valence-corrected chi connectivity index (χ4v) is 3.51. The van der Waals surface area contributed by atoms with Gasteiger partial charge < -0.3 is 19.7 Å². The van der Waals surface area contributed by atoms with E-state index in [1.807, 2.05) is 74.2 Å². The number of likely N-dealkylation sites (tertiary alicyclic amines) is 1. The van der Waals surface area contributed by atoms with Crippen LogP contribution in [0.15, 0.2) is 48.5 Å². The Balaban J connectivity index is 1.54. The summed E-state index contributed by atoms with van der Waals surface area (Å²) in [5.41, 5.74) is 0.714. The van der Waals surface area contributed by atoms with Crippen LogP contribution in [0.25, 0.3) is 0 Å². The van der Waals surface area contributed by atoms with E-state index in [9.17, 15) is 9.59 Å². The molecule has 2 aromatic carbocycles. The first-order valence-corrected chi connectivity index (χ1v) is 10.6. The van der Waals surface area contributed by atoms with Crippen molar-refractivity contribution in [3.8, 4) is 17.2 Å². The van der Waals surface area contributed by atoms with E-state index in [0.29, 0.717) is 30.3 Å². The standard InChI is InChI=1S/C24H30N2O4/c1-4-29-20-11-13-22(14-12-20)30-21-9-7-19(8-10-21)25-23(27)18-6-5-15-26(16-18)24(28)17(2)3/h7-14,17-18H,4-6,15-16H2,1-3H3,(H,25,27)/t18-/m0/s1. The molecule has 160 valence electrons. The number of hydrogen-bond donors (Lipinski definition) is 1. The Bertz CT molecular complexity index is 847. The van der Waals surface area contributed by atoms with Gasteiger partial charge in [-0.15, -0.1) is 0 Å². The maximum atomic E-state index is 12.7. The van der Waals surface area contributed by atoms with E-state index in [2.05, 4.69) is 5.32 Å². The van der Waals surface area contributed by atoms with Gasteiger partial charge in [-0.3, -0.25) is 9.59 Å². The van der Waals surface area contributed by atoms with Gasteiger partial charge in [-0.2, -0.15) is 0 Å². The van der Waals surface area contributed by atoms with Gasteiger partial charge in [0.15, 0.2) is 0 Å². The minimum absolute atomic E-state index is 0.0450. The Labute approximate surface area is 178 Å². The highest BCUT2D eigenvalue weighted by Crippen LogP contribution is 2.26. The molecule has 0 saturated carbocycles. The third kappa shape index (κ3) is 5.75. The van der Waals surface area contributed by atoms with Gasteiger partial charge in [0.05, 0.1) is 12.5 Å². The summed E-state index contributed by atoms with van der Waals surface area (Å²) < 4.78 is 11.3. The summed E-state index contributed by atoms with van der Waals surface area (Å²) in [5.74, 6) is 2.05. The average molecular weight is 411 g/mol. The number of hydrogen-bond acceptors (Lipinski definition) is 4. The predicted molar refractivity (Wildman–Crippen MR) is 117 cm³/mol. The zero-order valence-electron chi connectivity index (χ0n) is 17.9. The van der Waals surface area contributed by atoms with Crippen molar-refractivity contribution in [2.75, 3.05) is 25.0 Å². The van der Waals surface area contributed by atoms with Crippen LogP contribution in [0.2, 0.25) is 0 Å². The van der Waals surface area contributed by atoms with Crippen molar-refractivity contribution in [3.63, 3.8) is 0 Å². The van der Waals surface area contributed by atoms with Gasteiger partial charge in [-0.05, 0) is 68.3 Å². The molecule has 1 saturated heterocycles. The zero-order chi connectivity index (χ0) is 21.5. The van der Waals surface area contributed by atoms with Crippen LogP contribution in [-0.2, 0) is 9.59 Å². The van der Waals surface area contributed by atoms with Crippen LogP contribution < -0.4 is 14.8 Å². The molecule has 6 heteroatoms. The summed E-state index contributed by atoms with van der Waals surface area (Å²) in [7, 11) is 0. The van der Waals surface area contributed by atoms with E-state index >= 15 is 0 Å². The molecule has 1 fully saturated rings. The lowest BCUT2D eigenvalue weighted by atomic mass is 9.96. The smallest absolute Gasteiger partial charge is 0.229 e. The number of carbonyl (C=O) groups is 2. The number of anilines is 1. The highest BCUT2D eigenvalue weighted by molar-refractivity contribution is 5.93. The fraction of sp³-hybridized carbons (Fsp3) is 0.417. The van der Waals surface area contributed by atoms with Gasteiger partial charge >= 0.3 is 0 Å². The second-order valence-electron chi connectivity index (χ2n) is 7.80. The fourth-order valence-electron chi connectivity index (χ4n) is 3.51. The zero-order valence-corrected chi connectivity index (χ0v) is 17.9. The molecule has 1 N–H and O–H groups in total. The number of piperidine rings is 1. The highest BCUT2D eigenvalue weighted by atomic mass is 16.5. The van der Waals surface area contributed by atoms with Gasteiger partial charge in [0.2, 0.25) is 11.8 Å². The number of carbonyl (C=O) groups excluding carboxylic acids is 2. The second kappa shape index (κ2) is 10.1. The molecule has 1 atom stereocenters. The molecule has 0 radical (unpaired) electrons. The normalized spacial score (nSPS) is 16.3. The third-order valence-corrected chi connectivity index (χ3v) is 5.09. The van der Waals surface area contributed by atoms with Crippen molar-refractivity contribution in [2.24, 2.45) is 11.8 Å². The Morgan fingerprint density at radius 2 is 1.63 bits per heavy atom. The van der Waals surface area contributed by atoms with Crippen molar-refractivity contribution < 1.29 is 19.1 Å². The van der Waals surface area contributed by atoms with E-state index in [-0.39, 0.29) is 23.7 Å². The topological polar surface area (TPSA) is 67.9 Å². The summed E-state index contributed by atoms with van der Waals surface area (Å²) in [6.45, 7) is 7.58. The summed E-state index contributed by atoms with van der Waals surface area (Å²) in [6, 6.07) is 14.7. The van der Waals surface area contributed by atoms with Crippen molar-refractivity contribution in [2.45, 2.75) is 33.6 Å². The van der Waals surface area contributed by atoms with Crippen LogP contribution in [0.1, 0.15) is 33.6 Å². The van der Waals surface area contributed by atoms with Crippen molar-refractivity contribution >= 4 is 17.5 Å². The second-order valence-corrected chi connectivity index (χ2v) is 7.80. The van der Waals surface area contributed by atoms with Crippen molar-refractivity contribution in [3.05, 3.63) is 48.5 Å². The van der Waals surface area contributed by atoms with E-state index in [0.717, 1.165) is 25.1 Å². The predicted octanol–water partition coefficient (Wildman–Crippen LogP) is 4.71. The molecule has 6 nitrogen and oxygen atoms in total. The molecule has 30 heavy (non-hydrogen) atoms. The number of nitrogens with zero attached hydrogens (tertiary/aromatic N) is 1. The molecule has 1 aliphatic heterocycles. The van der Waals surface area contributed by atoms with Crippen molar-refractivity contribution in [1.29, 1.82) is 0 Å². The van der Waals surface area contributed by atoms with E-state index in [1.165, 1.54) is 0 Å². The minimum Gasteiger partial charge on any atom is -0.494 e. The van der Waals surface area contributed by atoms with E-state index in [1.54, 1.807) is 0 Å². The van der Waals surface area contributed by atoms with Crippen LogP contribution in [0.4, 0.5) is 5.69 Å². The number of benzene rings is 2. The summed E-state index contributed by atoms with van der Waals surface area (Å²) in [5, 5.41) is 2.96. The summed E-state index contributed by atoms with van der Waals surface area (Å²) in [4.78, 5) is 26.7. The Kier molecular flexibility index (Phi) is 7.33. The summed E-state index contributed by atoms with van der Waals surface area (Å²) in [6.07, 6.45) is 1.65. The van der Waals surface area contributed by atoms with Crippen LogP contribution in [0, 0.1) is 11.8 Å². The molecule has 2 aromatic rings. The SMILES string of the molecule is CCOc1ccc(Oc2ccc(NC(=O)[C@H]3CCCN(C(=O)C(C)C)C3)cc2)cc1. The number of nitrogens with one attached hydrogen (secondary N) is 1. The molecule has 0 aromatic heterocycles. The Hall–Kier alpha value is -3.02. The lowest BCUT2D eigenvalue weighted by molar-refractivity contribution is -0.137. The molecular formula is C24H30N2O4. The minimum atomic E-state index is -0.179. The molecule has 0 spiro atoms. The molecule has 1 aliphatic rings. The first-order valence-electron chi connectivity index (χ1n) is 10.6. The maximum Gasteiger partial charge on any atom is 0.229 e. The van der Waals surface area contributed by atoms with E-state index < -0.39 is 0 Å². The molecule has 0 bridgehead atoms. The van der Waals surface area contributed by atoms with E-state index in [4.69, 9.17) is 9.47 Å². The molecule has 0 unspecified atom stereocenters. The van der Waals surface area contributed by atoms with Gasteiger partial charge in [0, 0.05) is 24.7 Å². The third-order valence-electron chi connectivity index (χ3n) is 5.09. The Morgan fingerprint density at radius 1 is 1.03 bits per heavy atom. The Morgan fingerprint density at radius 3 is 2.23 bits per heavy atom. The number of ether oxygens (including phenoxy) is 2.